The summed E-state index contributed by atoms with van der Waals surface area (Å²) >= 11 is 0. The van der Waals surface area contributed by atoms with Gasteiger partial charge in [0.05, 0.1) is 0 Å². The van der Waals surface area contributed by atoms with Crippen molar-refractivity contribution in [1.82, 2.24) is 10.3 Å². The standard InChI is InChI=1S/C17H22N2O2/c20-10-9-17(7-8-17)12-19-16(21)6-5-13-11-18-15-4-2-1-3-14(13)15/h1-4,11,18,20H,5-10,12H2,(H,19,21). The quantitative estimate of drug-likeness (QED) is 0.731. The number of hydrogen-bond acceptors (Lipinski definition) is 2. The van der Waals surface area contributed by atoms with Gasteiger partial charge in [0.15, 0.2) is 0 Å². The van der Waals surface area contributed by atoms with E-state index in [1.54, 1.807) is 0 Å². The zero-order chi connectivity index (χ0) is 14.7. The number of carbonyl (C=O) groups is 1. The van der Waals surface area contributed by atoms with Crippen LogP contribution in [0.5, 0.6) is 0 Å². The van der Waals surface area contributed by atoms with Gasteiger partial charge in [-0.25, -0.2) is 0 Å². The number of carbonyl (C=O) groups excluding carboxylic acids is 1. The second kappa shape index (κ2) is 5.90. The number of aromatic nitrogens is 1. The van der Waals surface area contributed by atoms with Gasteiger partial charge < -0.3 is 15.4 Å². The highest BCUT2D eigenvalue weighted by Crippen LogP contribution is 2.47. The number of para-hydroxylation sites is 1. The highest BCUT2D eigenvalue weighted by Gasteiger charge is 2.41. The van der Waals surface area contributed by atoms with Crippen LogP contribution in [-0.2, 0) is 11.2 Å². The molecule has 0 spiro atoms. The lowest BCUT2D eigenvalue weighted by Crippen LogP contribution is -2.30. The highest BCUT2D eigenvalue weighted by atomic mass is 16.3. The van der Waals surface area contributed by atoms with E-state index in [0.717, 1.165) is 31.2 Å². The summed E-state index contributed by atoms with van der Waals surface area (Å²) in [4.78, 5) is 15.2. The Balaban J connectivity index is 1.50. The van der Waals surface area contributed by atoms with Gasteiger partial charge in [-0.3, -0.25) is 4.79 Å². The van der Waals surface area contributed by atoms with Crippen LogP contribution in [0.2, 0.25) is 0 Å². The van der Waals surface area contributed by atoms with Crippen molar-refractivity contribution in [3.05, 3.63) is 36.0 Å². The van der Waals surface area contributed by atoms with Crippen LogP contribution in [0.4, 0.5) is 0 Å². The first kappa shape index (κ1) is 14.1. The van der Waals surface area contributed by atoms with Crippen molar-refractivity contribution in [2.45, 2.75) is 32.1 Å². The predicted octanol–water partition coefficient (Wildman–Crippen LogP) is 2.38. The monoisotopic (exact) mass is 286 g/mol. The topological polar surface area (TPSA) is 65.1 Å². The van der Waals surface area contributed by atoms with E-state index in [9.17, 15) is 4.79 Å². The van der Waals surface area contributed by atoms with Gasteiger partial charge in [-0.2, -0.15) is 0 Å². The summed E-state index contributed by atoms with van der Waals surface area (Å²) in [5.41, 5.74) is 2.50. The van der Waals surface area contributed by atoms with Gasteiger partial charge in [0.1, 0.15) is 0 Å². The lowest BCUT2D eigenvalue weighted by molar-refractivity contribution is -0.121. The van der Waals surface area contributed by atoms with E-state index in [0.29, 0.717) is 13.0 Å². The van der Waals surface area contributed by atoms with Gasteiger partial charge in [-0.15, -0.1) is 0 Å². The fourth-order valence-corrected chi connectivity index (χ4v) is 2.89. The maximum absolute atomic E-state index is 12.0. The van der Waals surface area contributed by atoms with Crippen molar-refractivity contribution in [3.63, 3.8) is 0 Å². The molecule has 3 rings (SSSR count). The number of aryl methyl sites for hydroxylation is 1. The Morgan fingerprint density at radius 1 is 1.33 bits per heavy atom. The molecule has 1 aromatic heterocycles. The number of benzene rings is 1. The lowest BCUT2D eigenvalue weighted by atomic mass is 10.0. The highest BCUT2D eigenvalue weighted by molar-refractivity contribution is 5.84. The molecule has 1 fully saturated rings. The molecule has 1 aromatic carbocycles. The molecule has 0 unspecified atom stereocenters. The Kier molecular flexibility index (Phi) is 3.97. The van der Waals surface area contributed by atoms with E-state index in [1.165, 1.54) is 10.9 Å². The summed E-state index contributed by atoms with van der Waals surface area (Å²) in [6.45, 7) is 0.922. The molecule has 4 nitrogen and oxygen atoms in total. The average molecular weight is 286 g/mol. The number of amides is 1. The molecule has 0 bridgehead atoms. The first-order valence-electron chi connectivity index (χ1n) is 7.65. The first-order valence-corrected chi connectivity index (χ1v) is 7.65. The summed E-state index contributed by atoms with van der Waals surface area (Å²) in [5, 5.41) is 13.2. The van der Waals surface area contributed by atoms with E-state index in [4.69, 9.17) is 5.11 Å². The molecule has 1 heterocycles. The van der Waals surface area contributed by atoms with Gasteiger partial charge in [-0.05, 0) is 42.7 Å². The van der Waals surface area contributed by atoms with Crippen molar-refractivity contribution in [1.29, 1.82) is 0 Å². The van der Waals surface area contributed by atoms with Crippen molar-refractivity contribution < 1.29 is 9.90 Å². The molecule has 1 saturated carbocycles. The molecule has 0 saturated heterocycles. The molecule has 112 valence electrons. The van der Waals surface area contributed by atoms with Crippen molar-refractivity contribution in [2.75, 3.05) is 13.2 Å². The van der Waals surface area contributed by atoms with Crippen LogP contribution in [-0.4, -0.2) is 29.1 Å². The average Bonchev–Trinajstić information content (AvgIpc) is 3.14. The molecule has 2 aromatic rings. The third-order valence-electron chi connectivity index (χ3n) is 4.56. The van der Waals surface area contributed by atoms with Crippen LogP contribution in [0.3, 0.4) is 0 Å². The number of H-pyrrole nitrogens is 1. The third kappa shape index (κ3) is 3.27. The van der Waals surface area contributed by atoms with Gasteiger partial charge in [0, 0.05) is 36.7 Å². The summed E-state index contributed by atoms with van der Waals surface area (Å²) in [6, 6.07) is 8.15. The number of aromatic amines is 1. The molecule has 1 aliphatic rings. The fraction of sp³-hybridized carbons (Fsp3) is 0.471. The molecule has 21 heavy (non-hydrogen) atoms. The Bertz CT molecular complexity index is 629. The van der Waals surface area contributed by atoms with Gasteiger partial charge in [0.2, 0.25) is 5.91 Å². The number of fused-ring (bicyclic) bond motifs is 1. The molecule has 0 atom stereocenters. The summed E-state index contributed by atoms with van der Waals surface area (Å²) in [6.07, 6.45) is 6.30. The van der Waals surface area contributed by atoms with Crippen LogP contribution in [0, 0.1) is 5.41 Å². The fourth-order valence-electron chi connectivity index (χ4n) is 2.89. The van der Waals surface area contributed by atoms with Crippen molar-refractivity contribution in [3.8, 4) is 0 Å². The lowest BCUT2D eigenvalue weighted by Gasteiger charge is -2.14. The minimum Gasteiger partial charge on any atom is -0.396 e. The molecule has 0 radical (unpaired) electrons. The van der Waals surface area contributed by atoms with Crippen LogP contribution in [0.1, 0.15) is 31.2 Å². The smallest absolute Gasteiger partial charge is 0.220 e. The zero-order valence-electron chi connectivity index (χ0n) is 12.2. The van der Waals surface area contributed by atoms with Gasteiger partial charge in [-0.1, -0.05) is 18.2 Å². The van der Waals surface area contributed by atoms with Crippen LogP contribution in [0.25, 0.3) is 10.9 Å². The van der Waals surface area contributed by atoms with E-state index in [-0.39, 0.29) is 17.9 Å². The Morgan fingerprint density at radius 2 is 2.14 bits per heavy atom. The molecule has 4 heteroatoms. The van der Waals surface area contributed by atoms with Crippen LogP contribution in [0.15, 0.2) is 30.5 Å². The number of aliphatic hydroxyl groups is 1. The summed E-state index contributed by atoms with van der Waals surface area (Å²) in [7, 11) is 0. The molecular formula is C17H22N2O2. The SMILES string of the molecule is O=C(CCc1c[nH]c2ccccc12)NCC1(CCO)CC1. The predicted molar refractivity (Wildman–Crippen MR) is 83.0 cm³/mol. The molecule has 1 amide bonds. The molecule has 0 aliphatic heterocycles. The number of aliphatic hydroxyl groups excluding tert-OH is 1. The van der Waals surface area contributed by atoms with Crippen molar-refractivity contribution in [2.24, 2.45) is 5.41 Å². The number of nitrogens with one attached hydrogen (secondary N) is 2. The maximum Gasteiger partial charge on any atom is 0.220 e. The third-order valence-corrected chi connectivity index (χ3v) is 4.56. The second-order valence-electron chi connectivity index (χ2n) is 6.11. The molecular weight excluding hydrogens is 264 g/mol. The summed E-state index contributed by atoms with van der Waals surface area (Å²) in [5.74, 6) is 0.101. The zero-order valence-corrected chi connectivity index (χ0v) is 12.2. The summed E-state index contributed by atoms with van der Waals surface area (Å²) < 4.78 is 0. The minimum atomic E-state index is 0.101. The van der Waals surface area contributed by atoms with Gasteiger partial charge in [0.25, 0.3) is 0 Å². The Hall–Kier alpha value is -1.81. The normalized spacial score (nSPS) is 16.0. The minimum absolute atomic E-state index is 0.101. The number of hydrogen-bond donors (Lipinski definition) is 3. The molecule has 1 aliphatic carbocycles. The van der Waals surface area contributed by atoms with E-state index >= 15 is 0 Å². The van der Waals surface area contributed by atoms with E-state index in [2.05, 4.69) is 16.4 Å². The van der Waals surface area contributed by atoms with Crippen molar-refractivity contribution >= 4 is 16.8 Å². The van der Waals surface area contributed by atoms with E-state index < -0.39 is 0 Å². The maximum atomic E-state index is 12.0. The molecule has 3 N–H and O–H groups in total. The van der Waals surface area contributed by atoms with Gasteiger partial charge >= 0.3 is 0 Å². The van der Waals surface area contributed by atoms with Crippen LogP contribution >= 0.6 is 0 Å². The second-order valence-corrected chi connectivity index (χ2v) is 6.11. The Morgan fingerprint density at radius 3 is 2.90 bits per heavy atom. The number of rotatable bonds is 7. The van der Waals surface area contributed by atoms with Crippen LogP contribution < -0.4 is 5.32 Å². The largest absolute Gasteiger partial charge is 0.396 e. The van der Waals surface area contributed by atoms with E-state index in [1.807, 2.05) is 24.4 Å². The Labute approximate surface area is 124 Å². The first-order chi connectivity index (χ1) is 10.2.